The second-order valence-electron chi connectivity index (χ2n) is 7.27. The second kappa shape index (κ2) is 10.1. The van der Waals surface area contributed by atoms with Crippen LogP contribution in [-0.4, -0.2) is 66.7 Å². The Hall–Kier alpha value is -2.69. The third-order valence-electron chi connectivity index (χ3n) is 5.40. The minimum Gasteiger partial charge on any atom is -0.595 e. The fourth-order valence-electron chi connectivity index (χ4n) is 3.66. The molecule has 0 spiro atoms. The molecule has 0 aliphatic heterocycles. The number of fused-ring (bicyclic) bond motifs is 2. The van der Waals surface area contributed by atoms with Crippen LogP contribution < -0.4 is 20.0 Å². The summed E-state index contributed by atoms with van der Waals surface area (Å²) in [5.41, 5.74) is 2.10. The summed E-state index contributed by atoms with van der Waals surface area (Å²) in [6, 6.07) is 8.44. The van der Waals surface area contributed by atoms with Gasteiger partial charge in [0, 0.05) is 42.1 Å². The molecule has 0 aliphatic rings. The molecule has 0 saturated carbocycles. The van der Waals surface area contributed by atoms with Crippen molar-refractivity contribution in [2.45, 2.75) is 20.0 Å². The number of hydrogen-bond acceptors (Lipinski definition) is 8. The molecule has 0 fully saturated rings. The molecule has 0 amide bonds. The first-order chi connectivity index (χ1) is 14.9. The molecule has 4 N–H and O–H groups in total. The van der Waals surface area contributed by atoms with Gasteiger partial charge >= 0.3 is 0 Å². The highest BCUT2D eigenvalue weighted by Crippen LogP contribution is 2.38. The number of nitrogens with one attached hydrogen (secondary N) is 2. The Morgan fingerprint density at radius 2 is 1.71 bits per heavy atom. The zero-order chi connectivity index (χ0) is 22.5. The molecule has 9 nitrogen and oxygen atoms in total. The van der Waals surface area contributed by atoms with E-state index in [9.17, 15) is 15.5 Å². The number of aromatic nitrogens is 1. The van der Waals surface area contributed by atoms with Crippen molar-refractivity contribution in [1.29, 1.82) is 0 Å². The van der Waals surface area contributed by atoms with Gasteiger partial charge in [0.25, 0.3) is 0 Å². The van der Waals surface area contributed by atoms with E-state index in [0.29, 0.717) is 35.6 Å². The van der Waals surface area contributed by atoms with Crippen LogP contribution in [0.1, 0.15) is 13.8 Å². The lowest BCUT2D eigenvalue weighted by molar-refractivity contribution is -0.991. The third kappa shape index (κ3) is 4.97. The number of aliphatic hydroxyl groups is 1. The molecule has 168 valence electrons. The van der Waals surface area contributed by atoms with E-state index in [-0.39, 0.29) is 5.69 Å². The molecule has 31 heavy (non-hydrogen) atoms. The maximum Gasteiger partial charge on any atom is 0.165 e. The molecule has 2 unspecified atom stereocenters. The summed E-state index contributed by atoms with van der Waals surface area (Å²) in [5.74, 6) is 1.09. The van der Waals surface area contributed by atoms with Crippen LogP contribution in [0.5, 0.6) is 11.5 Å². The Morgan fingerprint density at radius 1 is 1.06 bits per heavy atom. The lowest BCUT2D eigenvalue weighted by Gasteiger charge is -2.23. The number of rotatable bonds is 10. The zero-order valence-corrected chi connectivity index (χ0v) is 18.3. The molecule has 0 radical (unpaired) electrons. The number of likely N-dealkylation sites (N-methyl/N-ethyl adjacent to an activating group) is 1. The van der Waals surface area contributed by atoms with Crippen LogP contribution in [0.2, 0.25) is 0 Å². The molecular formula is C22H30N4O5. The number of pyridine rings is 1. The number of ether oxygens (including phenoxy) is 2. The van der Waals surface area contributed by atoms with Crippen LogP contribution >= 0.6 is 0 Å². The first-order valence-electron chi connectivity index (χ1n) is 10.3. The van der Waals surface area contributed by atoms with Gasteiger partial charge in [0.2, 0.25) is 0 Å². The Balaban J connectivity index is 2.09. The largest absolute Gasteiger partial charge is 0.595 e. The van der Waals surface area contributed by atoms with Gasteiger partial charge in [-0.1, -0.05) is 13.8 Å². The van der Waals surface area contributed by atoms with Crippen molar-refractivity contribution in [2.75, 3.05) is 45.7 Å². The average Bonchev–Trinajstić information content (AvgIpc) is 2.78. The summed E-state index contributed by atoms with van der Waals surface area (Å²) in [5, 5.41) is 35.3. The smallest absolute Gasteiger partial charge is 0.165 e. The molecule has 9 heteroatoms. The number of benzene rings is 2. The van der Waals surface area contributed by atoms with Gasteiger partial charge in [0.15, 0.2) is 17.2 Å². The average molecular weight is 431 g/mol. The molecule has 0 aliphatic carbocycles. The molecule has 1 heterocycles. The van der Waals surface area contributed by atoms with Crippen molar-refractivity contribution in [3.05, 3.63) is 35.5 Å². The highest BCUT2D eigenvalue weighted by molar-refractivity contribution is 6.08. The molecule has 0 bridgehead atoms. The van der Waals surface area contributed by atoms with Gasteiger partial charge in [0.05, 0.1) is 37.0 Å². The number of methoxy groups -OCH3 is 2. The van der Waals surface area contributed by atoms with E-state index >= 15 is 0 Å². The Labute approximate surface area is 181 Å². The van der Waals surface area contributed by atoms with Crippen molar-refractivity contribution in [3.8, 4) is 11.5 Å². The molecule has 2 aromatic carbocycles. The quantitative estimate of drug-likeness (QED) is 0.285. The number of nitrogens with zero attached hydrogens (tertiary/aromatic N) is 2. The number of anilines is 1. The number of aliphatic hydroxyl groups excluding tert-OH is 1. The Bertz CT molecular complexity index is 1040. The molecule has 2 atom stereocenters. The first kappa shape index (κ1) is 23.0. The fraction of sp³-hybridized carbons (Fsp3) is 0.409. The molecule has 1 aromatic heterocycles. The lowest BCUT2D eigenvalue weighted by atomic mass is 10.1. The van der Waals surface area contributed by atoms with Crippen LogP contribution in [0.25, 0.3) is 21.8 Å². The van der Waals surface area contributed by atoms with Gasteiger partial charge in [-0.3, -0.25) is 0 Å². The lowest BCUT2D eigenvalue weighted by Crippen LogP contribution is -2.99. The van der Waals surface area contributed by atoms with Crippen LogP contribution in [0.4, 0.5) is 11.4 Å². The van der Waals surface area contributed by atoms with Crippen molar-refractivity contribution in [1.82, 2.24) is 9.88 Å². The van der Waals surface area contributed by atoms with Crippen molar-refractivity contribution >= 4 is 33.2 Å². The van der Waals surface area contributed by atoms with Crippen LogP contribution in [0.15, 0.2) is 30.3 Å². The maximum atomic E-state index is 11.4. The first-order valence-corrected chi connectivity index (χ1v) is 10.3. The van der Waals surface area contributed by atoms with Crippen LogP contribution in [0.3, 0.4) is 0 Å². The highest BCUT2D eigenvalue weighted by Gasteiger charge is 2.17. The third-order valence-corrected chi connectivity index (χ3v) is 5.40. The highest BCUT2D eigenvalue weighted by atomic mass is 16.8. The van der Waals surface area contributed by atoms with Gasteiger partial charge in [-0.05, 0) is 25.2 Å². The minimum absolute atomic E-state index is 0.160. The van der Waals surface area contributed by atoms with E-state index in [1.54, 1.807) is 38.5 Å². The van der Waals surface area contributed by atoms with Crippen molar-refractivity contribution in [2.24, 2.45) is 0 Å². The van der Waals surface area contributed by atoms with E-state index in [1.165, 1.54) is 0 Å². The van der Waals surface area contributed by atoms with E-state index in [0.717, 1.165) is 29.5 Å². The Morgan fingerprint density at radius 3 is 2.32 bits per heavy atom. The predicted octanol–water partition coefficient (Wildman–Crippen LogP) is 1.92. The summed E-state index contributed by atoms with van der Waals surface area (Å²) in [6.45, 7) is 6.74. The van der Waals surface area contributed by atoms with Gasteiger partial charge in [-0.15, -0.1) is 0 Å². The second-order valence-corrected chi connectivity index (χ2v) is 7.27. The fourth-order valence-corrected chi connectivity index (χ4v) is 3.66. The number of quaternary nitrogens is 1. The summed E-state index contributed by atoms with van der Waals surface area (Å²) >= 11 is 0. The molecule has 0 saturated heterocycles. The van der Waals surface area contributed by atoms with E-state index in [4.69, 9.17) is 9.47 Å². The monoisotopic (exact) mass is 430 g/mol. The van der Waals surface area contributed by atoms with Gasteiger partial charge in [-0.25, -0.2) is 10.2 Å². The minimum atomic E-state index is -1.01. The Kier molecular flexibility index (Phi) is 7.47. The van der Waals surface area contributed by atoms with E-state index in [1.807, 2.05) is 6.07 Å². The summed E-state index contributed by atoms with van der Waals surface area (Å²) in [4.78, 5) is 6.81. The summed E-state index contributed by atoms with van der Waals surface area (Å²) in [7, 11) is 3.12. The molecule has 3 aromatic rings. The SMILES string of the molecule is CCN(CC)CC(O)CNc1c2ccc([NH+]([O-])O)cc2nc2cc(OC)c(OC)cc12. The number of hydrogen-bond donors (Lipinski definition) is 4. The van der Waals surface area contributed by atoms with Crippen molar-refractivity contribution in [3.63, 3.8) is 0 Å². The summed E-state index contributed by atoms with van der Waals surface area (Å²) in [6.07, 6.45) is -0.573. The van der Waals surface area contributed by atoms with Gasteiger partial charge < -0.3 is 30.0 Å². The van der Waals surface area contributed by atoms with Crippen LogP contribution in [0, 0.1) is 5.21 Å². The van der Waals surface area contributed by atoms with Crippen LogP contribution in [-0.2, 0) is 0 Å². The summed E-state index contributed by atoms with van der Waals surface area (Å²) < 4.78 is 10.9. The standard InChI is InChI=1S/C22H30N4O5/c1-5-25(6-2)13-15(27)12-23-22-16-8-7-14(26(28)29)9-18(16)24-19-11-21(31-4)20(30-3)10-17(19)22/h7-11,15,26-28H,5-6,12-13H2,1-4H3,(H,23,24). The van der Waals surface area contributed by atoms with E-state index in [2.05, 4.69) is 29.0 Å². The van der Waals surface area contributed by atoms with Gasteiger partial charge in [0.1, 0.15) is 0 Å². The maximum absolute atomic E-state index is 11.4. The van der Waals surface area contributed by atoms with E-state index < -0.39 is 11.3 Å². The predicted molar refractivity (Wildman–Crippen MR) is 120 cm³/mol. The van der Waals surface area contributed by atoms with Gasteiger partial charge in [-0.2, -0.15) is 5.23 Å². The van der Waals surface area contributed by atoms with Crippen molar-refractivity contribution < 1.29 is 25.0 Å². The normalized spacial score (nSPS) is 13.5. The molecular weight excluding hydrogens is 400 g/mol. The zero-order valence-electron chi connectivity index (χ0n) is 18.3. The topological polar surface area (TPSA) is 115 Å². The molecule has 3 rings (SSSR count).